The third-order valence-electron chi connectivity index (χ3n) is 3.91. The lowest BCUT2D eigenvalue weighted by atomic mass is 10.0. The lowest BCUT2D eigenvalue weighted by Crippen LogP contribution is -2.21. The molecule has 0 saturated carbocycles. The summed E-state index contributed by atoms with van der Waals surface area (Å²) >= 11 is 12.2. The second kappa shape index (κ2) is 6.33. The summed E-state index contributed by atoms with van der Waals surface area (Å²) in [4.78, 5) is 4.68. The molecule has 0 unspecified atom stereocenters. The van der Waals surface area contributed by atoms with Crippen molar-refractivity contribution in [2.45, 2.75) is 25.8 Å². The molecule has 0 radical (unpaired) electrons. The van der Waals surface area contributed by atoms with Crippen LogP contribution in [0.25, 0.3) is 11.0 Å². The summed E-state index contributed by atoms with van der Waals surface area (Å²) in [6, 6.07) is 5.96. The number of aryl methyl sites for hydroxylation is 1. The van der Waals surface area contributed by atoms with E-state index in [1.807, 2.05) is 12.1 Å². The van der Waals surface area contributed by atoms with Gasteiger partial charge in [0.05, 0.1) is 10.5 Å². The molecule has 0 N–H and O–H groups in total. The first-order valence-corrected chi connectivity index (χ1v) is 7.98. The van der Waals surface area contributed by atoms with Crippen LogP contribution in [-0.4, -0.2) is 28.6 Å². The highest BCUT2D eigenvalue weighted by Crippen LogP contribution is 2.27. The van der Waals surface area contributed by atoms with Crippen LogP contribution in [0.1, 0.15) is 18.7 Å². The number of alkyl halides is 1. The van der Waals surface area contributed by atoms with Crippen molar-refractivity contribution in [3.63, 3.8) is 0 Å². The molecule has 3 rings (SSSR count). The minimum absolute atomic E-state index is 0.578. The molecular formula is C15H18Cl2N2O. The summed E-state index contributed by atoms with van der Waals surface area (Å²) in [5, 5.41) is 0.712. The number of ether oxygens (including phenoxy) is 1. The number of nitrogens with zero attached hydrogens (tertiary/aromatic N) is 2. The number of hydrogen-bond donors (Lipinski definition) is 0. The molecule has 1 fully saturated rings. The second-order valence-electron chi connectivity index (χ2n) is 5.24. The average molecular weight is 313 g/mol. The molecule has 20 heavy (non-hydrogen) atoms. The molecule has 1 aromatic carbocycles. The van der Waals surface area contributed by atoms with Crippen LogP contribution in [0.4, 0.5) is 0 Å². The number of halogens is 2. The zero-order valence-electron chi connectivity index (χ0n) is 11.3. The maximum Gasteiger partial charge on any atom is 0.111 e. The molecule has 1 aliphatic rings. The quantitative estimate of drug-likeness (QED) is 0.801. The van der Waals surface area contributed by atoms with E-state index in [4.69, 9.17) is 27.9 Å². The summed E-state index contributed by atoms with van der Waals surface area (Å²) in [6.07, 6.45) is 3.00. The van der Waals surface area contributed by atoms with Crippen LogP contribution in [-0.2, 0) is 17.7 Å². The van der Waals surface area contributed by atoms with Gasteiger partial charge in [0.25, 0.3) is 0 Å². The lowest BCUT2D eigenvalue weighted by molar-refractivity contribution is 0.0613. The standard InChI is InChI=1S/C15H18Cl2N2O/c16-7-4-14-18-15-12(17)2-1-3-13(15)19(14)10-11-5-8-20-9-6-11/h1-3,11H,4-10H2. The van der Waals surface area contributed by atoms with Gasteiger partial charge in [-0.3, -0.25) is 0 Å². The Morgan fingerprint density at radius 2 is 2.10 bits per heavy atom. The van der Waals surface area contributed by atoms with Crippen molar-refractivity contribution < 1.29 is 4.74 Å². The van der Waals surface area contributed by atoms with Gasteiger partial charge in [-0.25, -0.2) is 4.98 Å². The van der Waals surface area contributed by atoms with E-state index in [1.165, 1.54) is 0 Å². The third-order valence-corrected chi connectivity index (χ3v) is 4.40. The maximum atomic E-state index is 6.26. The van der Waals surface area contributed by atoms with E-state index in [1.54, 1.807) is 0 Å². The third kappa shape index (κ3) is 2.80. The highest BCUT2D eigenvalue weighted by molar-refractivity contribution is 6.34. The van der Waals surface area contributed by atoms with Crippen molar-refractivity contribution in [1.82, 2.24) is 9.55 Å². The van der Waals surface area contributed by atoms with Gasteiger partial charge in [0, 0.05) is 32.1 Å². The lowest BCUT2D eigenvalue weighted by Gasteiger charge is -2.23. The van der Waals surface area contributed by atoms with Crippen LogP contribution in [0.2, 0.25) is 5.02 Å². The van der Waals surface area contributed by atoms with E-state index < -0.39 is 0 Å². The second-order valence-corrected chi connectivity index (χ2v) is 6.03. The first-order valence-electron chi connectivity index (χ1n) is 7.07. The summed E-state index contributed by atoms with van der Waals surface area (Å²) in [7, 11) is 0. The fourth-order valence-electron chi connectivity index (χ4n) is 2.83. The summed E-state index contributed by atoms with van der Waals surface area (Å²) in [5.41, 5.74) is 2.01. The normalized spacial score (nSPS) is 16.9. The highest BCUT2D eigenvalue weighted by atomic mass is 35.5. The Balaban J connectivity index is 1.97. The molecule has 2 aromatic rings. The number of benzene rings is 1. The average Bonchev–Trinajstić information content (AvgIpc) is 2.81. The minimum atomic E-state index is 0.578. The van der Waals surface area contributed by atoms with E-state index in [-0.39, 0.29) is 0 Å². The molecule has 5 heteroatoms. The molecule has 0 atom stereocenters. The molecule has 2 heterocycles. The molecule has 108 valence electrons. The van der Waals surface area contributed by atoms with Crippen LogP contribution in [0.15, 0.2) is 18.2 Å². The predicted molar refractivity (Wildman–Crippen MR) is 82.7 cm³/mol. The minimum Gasteiger partial charge on any atom is -0.381 e. The Morgan fingerprint density at radius 3 is 2.85 bits per heavy atom. The van der Waals surface area contributed by atoms with Crippen molar-refractivity contribution in [3.05, 3.63) is 29.0 Å². The number of imidazole rings is 1. The van der Waals surface area contributed by atoms with E-state index in [0.29, 0.717) is 16.8 Å². The van der Waals surface area contributed by atoms with Crippen LogP contribution in [0, 0.1) is 5.92 Å². The van der Waals surface area contributed by atoms with Crippen molar-refractivity contribution in [2.24, 2.45) is 5.92 Å². The first kappa shape index (κ1) is 14.2. The van der Waals surface area contributed by atoms with Gasteiger partial charge >= 0.3 is 0 Å². The first-order chi connectivity index (χ1) is 9.79. The number of para-hydroxylation sites is 1. The topological polar surface area (TPSA) is 27.1 Å². The molecule has 1 aromatic heterocycles. The molecule has 0 spiro atoms. The van der Waals surface area contributed by atoms with Crippen LogP contribution >= 0.6 is 23.2 Å². The Kier molecular flexibility index (Phi) is 4.49. The Labute approximate surface area is 128 Å². The molecule has 1 saturated heterocycles. The smallest absolute Gasteiger partial charge is 0.111 e. The summed E-state index contributed by atoms with van der Waals surface area (Å²) in [6.45, 7) is 2.71. The van der Waals surface area contributed by atoms with Gasteiger partial charge in [-0.1, -0.05) is 17.7 Å². The van der Waals surface area contributed by atoms with Gasteiger partial charge in [0.1, 0.15) is 11.3 Å². The van der Waals surface area contributed by atoms with Crippen molar-refractivity contribution in [3.8, 4) is 0 Å². The molecule has 0 aliphatic carbocycles. The van der Waals surface area contributed by atoms with Crippen molar-refractivity contribution in [1.29, 1.82) is 0 Å². The maximum absolute atomic E-state index is 6.26. The van der Waals surface area contributed by atoms with Gasteiger partial charge in [0.15, 0.2) is 0 Å². The fourth-order valence-corrected chi connectivity index (χ4v) is 3.21. The zero-order chi connectivity index (χ0) is 13.9. The Bertz CT molecular complexity index is 591. The Morgan fingerprint density at radius 1 is 1.30 bits per heavy atom. The van der Waals surface area contributed by atoms with Gasteiger partial charge in [-0.15, -0.1) is 11.6 Å². The molecular weight excluding hydrogens is 295 g/mol. The summed E-state index contributed by atoms with van der Waals surface area (Å²) < 4.78 is 7.73. The monoisotopic (exact) mass is 312 g/mol. The van der Waals surface area contributed by atoms with Gasteiger partial charge in [0.2, 0.25) is 0 Å². The number of aromatic nitrogens is 2. The zero-order valence-corrected chi connectivity index (χ0v) is 12.8. The fraction of sp³-hybridized carbons (Fsp3) is 0.533. The van der Waals surface area contributed by atoms with Crippen LogP contribution in [0.3, 0.4) is 0 Å². The van der Waals surface area contributed by atoms with Crippen molar-refractivity contribution in [2.75, 3.05) is 19.1 Å². The molecule has 0 bridgehead atoms. The highest BCUT2D eigenvalue weighted by Gasteiger charge is 2.19. The van der Waals surface area contributed by atoms with Gasteiger partial charge in [-0.05, 0) is 30.9 Å². The number of hydrogen-bond acceptors (Lipinski definition) is 2. The van der Waals surface area contributed by atoms with Gasteiger partial charge < -0.3 is 9.30 Å². The molecule has 3 nitrogen and oxygen atoms in total. The summed E-state index contributed by atoms with van der Waals surface area (Å²) in [5.74, 6) is 2.26. The Hall–Kier alpha value is -0.770. The van der Waals surface area contributed by atoms with E-state index >= 15 is 0 Å². The number of rotatable bonds is 4. The largest absolute Gasteiger partial charge is 0.381 e. The van der Waals surface area contributed by atoms with E-state index in [9.17, 15) is 0 Å². The van der Waals surface area contributed by atoms with Crippen LogP contribution in [0.5, 0.6) is 0 Å². The van der Waals surface area contributed by atoms with Gasteiger partial charge in [-0.2, -0.15) is 0 Å². The van der Waals surface area contributed by atoms with E-state index in [2.05, 4.69) is 15.6 Å². The van der Waals surface area contributed by atoms with Crippen LogP contribution < -0.4 is 0 Å². The SMILES string of the molecule is ClCCc1nc2c(Cl)cccc2n1CC1CCOCC1. The predicted octanol–water partition coefficient (Wildman–Crippen LogP) is 3.90. The molecule has 0 amide bonds. The molecule has 1 aliphatic heterocycles. The van der Waals surface area contributed by atoms with Crippen molar-refractivity contribution >= 4 is 34.2 Å². The van der Waals surface area contributed by atoms with E-state index in [0.717, 1.165) is 55.9 Å². The number of fused-ring (bicyclic) bond motifs is 1.